The summed E-state index contributed by atoms with van der Waals surface area (Å²) in [6.45, 7) is 0.237. The minimum Gasteiger partial charge on any atom is -0.490 e. The Morgan fingerprint density at radius 1 is 1.33 bits per heavy atom. The van der Waals surface area contributed by atoms with Gasteiger partial charge in [-0.3, -0.25) is 4.68 Å². The number of ether oxygens (including phenoxy) is 1. The molecular weight excluding hydrogens is 292 g/mol. The van der Waals surface area contributed by atoms with Gasteiger partial charge in [-0.15, -0.1) is 0 Å². The van der Waals surface area contributed by atoms with Crippen LogP contribution >= 0.6 is 0 Å². The first kappa shape index (κ1) is 15.3. The molecule has 1 heterocycles. The fourth-order valence-corrected chi connectivity index (χ4v) is 2.52. The van der Waals surface area contributed by atoms with Crippen LogP contribution in [0.25, 0.3) is 0 Å². The SMILES string of the molecule is Cn1nccc1CNS(=O)(=O)CCOc1ccccc1N. The second-order valence-corrected chi connectivity index (χ2v) is 6.40. The lowest BCUT2D eigenvalue weighted by atomic mass is 10.3. The van der Waals surface area contributed by atoms with Gasteiger partial charge in [0.05, 0.1) is 23.7 Å². The first-order chi connectivity index (χ1) is 9.98. The van der Waals surface area contributed by atoms with Crippen molar-refractivity contribution in [3.8, 4) is 5.75 Å². The van der Waals surface area contributed by atoms with Gasteiger partial charge in [-0.1, -0.05) is 12.1 Å². The topological polar surface area (TPSA) is 99.2 Å². The number of rotatable bonds is 7. The van der Waals surface area contributed by atoms with E-state index in [1.807, 2.05) is 0 Å². The molecule has 0 amide bonds. The number of nitrogens with zero attached hydrogens (tertiary/aromatic N) is 2. The Bertz CT molecular complexity index is 697. The predicted molar refractivity (Wildman–Crippen MR) is 80.2 cm³/mol. The molecule has 0 aliphatic rings. The molecule has 0 atom stereocenters. The van der Waals surface area contributed by atoms with Crippen LogP contribution in [0.5, 0.6) is 5.75 Å². The number of aromatic nitrogens is 2. The molecule has 3 N–H and O–H groups in total. The minimum atomic E-state index is -3.41. The number of aryl methyl sites for hydroxylation is 1. The van der Waals surface area contributed by atoms with Gasteiger partial charge < -0.3 is 10.5 Å². The number of sulfonamides is 1. The Kier molecular flexibility index (Phi) is 4.81. The normalized spacial score (nSPS) is 11.5. The fraction of sp³-hybridized carbons (Fsp3) is 0.308. The maximum absolute atomic E-state index is 11.9. The third-order valence-corrected chi connectivity index (χ3v) is 4.21. The van der Waals surface area contributed by atoms with Crippen molar-refractivity contribution in [3.63, 3.8) is 0 Å². The summed E-state index contributed by atoms with van der Waals surface area (Å²) in [5.74, 6) is 0.346. The second kappa shape index (κ2) is 6.59. The van der Waals surface area contributed by atoms with Gasteiger partial charge in [0.1, 0.15) is 12.4 Å². The molecule has 1 aromatic carbocycles. The van der Waals surface area contributed by atoms with E-state index in [1.54, 1.807) is 48.3 Å². The number of para-hydroxylation sites is 2. The maximum Gasteiger partial charge on any atom is 0.215 e. The third-order valence-electron chi connectivity index (χ3n) is 2.92. The largest absolute Gasteiger partial charge is 0.490 e. The van der Waals surface area contributed by atoms with Gasteiger partial charge in [-0.05, 0) is 18.2 Å². The van der Waals surface area contributed by atoms with Crippen LogP contribution in [0.3, 0.4) is 0 Å². The van der Waals surface area contributed by atoms with E-state index in [0.29, 0.717) is 11.4 Å². The monoisotopic (exact) mass is 310 g/mol. The van der Waals surface area contributed by atoms with Crippen LogP contribution in [0.15, 0.2) is 36.5 Å². The Labute approximate surface area is 123 Å². The van der Waals surface area contributed by atoms with Crippen LogP contribution in [0.1, 0.15) is 5.69 Å². The van der Waals surface area contributed by atoms with Crippen molar-refractivity contribution in [3.05, 3.63) is 42.2 Å². The van der Waals surface area contributed by atoms with E-state index in [0.717, 1.165) is 5.69 Å². The molecule has 0 unspecified atom stereocenters. The Morgan fingerprint density at radius 3 is 2.76 bits per heavy atom. The Hall–Kier alpha value is -2.06. The molecule has 0 fully saturated rings. The van der Waals surface area contributed by atoms with Gasteiger partial charge >= 0.3 is 0 Å². The lowest BCUT2D eigenvalue weighted by Crippen LogP contribution is -2.29. The second-order valence-electron chi connectivity index (χ2n) is 4.47. The standard InChI is InChI=1S/C13H18N4O3S/c1-17-11(6-7-15-17)10-16-21(18,19)9-8-20-13-5-3-2-4-12(13)14/h2-7,16H,8-10,14H2,1H3. The first-order valence-corrected chi connectivity index (χ1v) is 8.05. The summed E-state index contributed by atoms with van der Waals surface area (Å²) in [7, 11) is -1.66. The highest BCUT2D eigenvalue weighted by Gasteiger charge is 2.12. The van der Waals surface area contributed by atoms with Crippen molar-refractivity contribution in [2.24, 2.45) is 7.05 Å². The summed E-state index contributed by atoms with van der Waals surface area (Å²) in [6.07, 6.45) is 1.62. The highest BCUT2D eigenvalue weighted by molar-refractivity contribution is 7.89. The molecule has 0 bridgehead atoms. The number of hydrogen-bond acceptors (Lipinski definition) is 5. The molecule has 2 aromatic rings. The van der Waals surface area contributed by atoms with Crippen molar-refractivity contribution in [2.75, 3.05) is 18.1 Å². The van der Waals surface area contributed by atoms with Gasteiger partial charge in [0.2, 0.25) is 10.0 Å². The van der Waals surface area contributed by atoms with Crippen molar-refractivity contribution in [1.82, 2.24) is 14.5 Å². The van der Waals surface area contributed by atoms with E-state index in [2.05, 4.69) is 9.82 Å². The molecule has 0 aliphatic carbocycles. The predicted octanol–water partition coefficient (Wildman–Crippen LogP) is 0.501. The average molecular weight is 310 g/mol. The van der Waals surface area contributed by atoms with Gasteiger partial charge in [-0.2, -0.15) is 5.10 Å². The van der Waals surface area contributed by atoms with Crippen LogP contribution in [0.4, 0.5) is 5.69 Å². The summed E-state index contributed by atoms with van der Waals surface area (Å²) in [5, 5.41) is 3.97. The van der Waals surface area contributed by atoms with Gasteiger partial charge in [0.25, 0.3) is 0 Å². The molecule has 7 nitrogen and oxygen atoms in total. The number of anilines is 1. The van der Waals surface area contributed by atoms with Crippen LogP contribution in [-0.4, -0.2) is 30.6 Å². The molecule has 0 aliphatic heterocycles. The van der Waals surface area contributed by atoms with E-state index in [4.69, 9.17) is 10.5 Å². The van der Waals surface area contributed by atoms with E-state index in [9.17, 15) is 8.42 Å². The van der Waals surface area contributed by atoms with E-state index in [-0.39, 0.29) is 18.9 Å². The molecule has 21 heavy (non-hydrogen) atoms. The summed E-state index contributed by atoms with van der Waals surface area (Å²) < 4.78 is 33.2. The lowest BCUT2D eigenvalue weighted by molar-refractivity contribution is 0.342. The molecule has 2 rings (SSSR count). The van der Waals surface area contributed by atoms with Crippen LogP contribution in [-0.2, 0) is 23.6 Å². The Balaban J connectivity index is 1.82. The minimum absolute atomic E-state index is 0.0366. The number of nitrogens with one attached hydrogen (secondary N) is 1. The van der Waals surface area contributed by atoms with Crippen LogP contribution in [0.2, 0.25) is 0 Å². The zero-order valence-electron chi connectivity index (χ0n) is 11.7. The number of benzene rings is 1. The highest BCUT2D eigenvalue weighted by Crippen LogP contribution is 2.19. The number of nitrogen functional groups attached to an aromatic ring is 1. The van der Waals surface area contributed by atoms with Gasteiger partial charge in [-0.25, -0.2) is 13.1 Å². The van der Waals surface area contributed by atoms with E-state index < -0.39 is 10.0 Å². The zero-order valence-corrected chi connectivity index (χ0v) is 12.5. The maximum atomic E-state index is 11.9. The summed E-state index contributed by atoms with van der Waals surface area (Å²) in [4.78, 5) is 0. The van der Waals surface area contributed by atoms with E-state index in [1.165, 1.54) is 0 Å². The summed E-state index contributed by atoms with van der Waals surface area (Å²) >= 11 is 0. The molecule has 0 spiro atoms. The van der Waals surface area contributed by atoms with Gasteiger partial charge in [0.15, 0.2) is 0 Å². The summed E-state index contributed by atoms with van der Waals surface area (Å²) in [6, 6.07) is 8.72. The number of hydrogen-bond donors (Lipinski definition) is 2. The molecule has 1 aromatic heterocycles. The molecule has 114 valence electrons. The van der Waals surface area contributed by atoms with Crippen molar-refractivity contribution < 1.29 is 13.2 Å². The van der Waals surface area contributed by atoms with Crippen molar-refractivity contribution in [1.29, 1.82) is 0 Å². The van der Waals surface area contributed by atoms with Crippen LogP contribution < -0.4 is 15.2 Å². The molecule has 0 radical (unpaired) electrons. The highest BCUT2D eigenvalue weighted by atomic mass is 32.2. The Morgan fingerprint density at radius 2 is 2.10 bits per heavy atom. The zero-order chi connectivity index (χ0) is 15.3. The third kappa shape index (κ3) is 4.47. The lowest BCUT2D eigenvalue weighted by Gasteiger charge is -2.10. The smallest absolute Gasteiger partial charge is 0.215 e. The molecule has 0 saturated carbocycles. The average Bonchev–Trinajstić information content (AvgIpc) is 2.84. The number of nitrogens with two attached hydrogens (primary N) is 1. The quantitative estimate of drug-likeness (QED) is 0.726. The molecule has 8 heteroatoms. The van der Waals surface area contributed by atoms with E-state index >= 15 is 0 Å². The van der Waals surface area contributed by atoms with Crippen LogP contribution in [0, 0.1) is 0 Å². The molecular formula is C13H18N4O3S. The molecule has 0 saturated heterocycles. The fourth-order valence-electron chi connectivity index (χ4n) is 1.70. The van der Waals surface area contributed by atoms with Gasteiger partial charge in [0, 0.05) is 13.2 Å². The van der Waals surface area contributed by atoms with Crippen molar-refractivity contribution >= 4 is 15.7 Å². The van der Waals surface area contributed by atoms with Crippen molar-refractivity contribution in [2.45, 2.75) is 6.54 Å². The first-order valence-electron chi connectivity index (χ1n) is 6.39. The summed E-state index contributed by atoms with van der Waals surface area (Å²) in [5.41, 5.74) is 6.98.